The zero-order valence-electron chi connectivity index (χ0n) is 13.9. The lowest BCUT2D eigenvalue weighted by atomic mass is 10.2. The van der Waals surface area contributed by atoms with Gasteiger partial charge in [-0.15, -0.1) is 17.9 Å². The first-order chi connectivity index (χ1) is 11.5. The minimum atomic E-state index is -0.199. The molecule has 24 heavy (non-hydrogen) atoms. The van der Waals surface area contributed by atoms with Gasteiger partial charge in [0.2, 0.25) is 5.91 Å². The number of carbonyl (C=O) groups is 1. The third-order valence-corrected chi connectivity index (χ3v) is 6.66. The van der Waals surface area contributed by atoms with Crippen LogP contribution >= 0.6 is 23.1 Å². The van der Waals surface area contributed by atoms with Crippen LogP contribution < -0.4 is 10.9 Å². The number of fused-ring (bicyclic) bond motifs is 1. The Kier molecular flexibility index (Phi) is 5.10. The van der Waals surface area contributed by atoms with E-state index in [-0.39, 0.29) is 16.7 Å². The van der Waals surface area contributed by atoms with E-state index < -0.39 is 0 Å². The molecule has 2 aromatic rings. The highest BCUT2D eigenvalue weighted by atomic mass is 32.2. The van der Waals surface area contributed by atoms with E-state index in [1.165, 1.54) is 23.1 Å². The zero-order valence-corrected chi connectivity index (χ0v) is 15.6. The summed E-state index contributed by atoms with van der Waals surface area (Å²) in [7, 11) is 0. The van der Waals surface area contributed by atoms with Crippen LogP contribution in [0.5, 0.6) is 0 Å². The standard InChI is InChI=1S/C17H21N3O2S2/c1-4-9-20-16(22)13-10(2)11(3)23-15(13)19-17(20)24-12-7-5-6-8-18-14(12)21/h4,12H,1,5-9H2,2-3H3,(H,18,21)/t12-/m0/s1. The quantitative estimate of drug-likeness (QED) is 0.670. The number of thiophene rings is 1. The zero-order chi connectivity index (χ0) is 17.3. The van der Waals surface area contributed by atoms with Crippen LogP contribution in [0.15, 0.2) is 22.6 Å². The molecule has 1 saturated heterocycles. The second kappa shape index (κ2) is 7.11. The minimum Gasteiger partial charge on any atom is -0.355 e. The number of amides is 1. The number of nitrogens with one attached hydrogen (secondary N) is 1. The van der Waals surface area contributed by atoms with Gasteiger partial charge < -0.3 is 5.32 Å². The van der Waals surface area contributed by atoms with Crippen molar-refractivity contribution in [3.8, 4) is 0 Å². The molecule has 0 unspecified atom stereocenters. The van der Waals surface area contributed by atoms with Crippen molar-refractivity contribution in [2.45, 2.75) is 50.1 Å². The van der Waals surface area contributed by atoms with Crippen molar-refractivity contribution >= 4 is 39.2 Å². The lowest BCUT2D eigenvalue weighted by Crippen LogP contribution is -2.32. The molecule has 3 heterocycles. The van der Waals surface area contributed by atoms with E-state index >= 15 is 0 Å². The van der Waals surface area contributed by atoms with E-state index in [1.807, 2.05) is 13.8 Å². The summed E-state index contributed by atoms with van der Waals surface area (Å²) in [5.41, 5.74) is 0.951. The molecule has 0 radical (unpaired) electrons. The van der Waals surface area contributed by atoms with Crippen LogP contribution in [0.3, 0.4) is 0 Å². The van der Waals surface area contributed by atoms with Crippen LogP contribution in [0.25, 0.3) is 10.2 Å². The van der Waals surface area contributed by atoms with Crippen molar-refractivity contribution in [1.82, 2.24) is 14.9 Å². The molecule has 3 rings (SSSR count). The van der Waals surface area contributed by atoms with Crippen LogP contribution in [0.1, 0.15) is 29.7 Å². The molecule has 1 N–H and O–H groups in total. The van der Waals surface area contributed by atoms with Crippen LogP contribution in [0.2, 0.25) is 0 Å². The Labute approximate surface area is 149 Å². The largest absolute Gasteiger partial charge is 0.355 e. The van der Waals surface area contributed by atoms with E-state index in [9.17, 15) is 9.59 Å². The van der Waals surface area contributed by atoms with E-state index in [0.29, 0.717) is 17.1 Å². The average Bonchev–Trinajstić information content (AvgIpc) is 2.70. The third kappa shape index (κ3) is 3.15. The number of thioether (sulfide) groups is 1. The highest BCUT2D eigenvalue weighted by Crippen LogP contribution is 2.31. The van der Waals surface area contributed by atoms with Gasteiger partial charge in [0, 0.05) is 18.0 Å². The van der Waals surface area contributed by atoms with Gasteiger partial charge in [0.25, 0.3) is 5.56 Å². The molecule has 1 aliphatic rings. The van der Waals surface area contributed by atoms with Gasteiger partial charge in [-0.2, -0.15) is 0 Å². The Balaban J connectivity index is 2.08. The molecule has 1 aliphatic heterocycles. The number of rotatable bonds is 4. The van der Waals surface area contributed by atoms with Crippen LogP contribution in [0.4, 0.5) is 0 Å². The lowest BCUT2D eigenvalue weighted by molar-refractivity contribution is -0.120. The van der Waals surface area contributed by atoms with Gasteiger partial charge in [-0.05, 0) is 32.3 Å². The highest BCUT2D eigenvalue weighted by molar-refractivity contribution is 8.00. The summed E-state index contributed by atoms with van der Waals surface area (Å²) >= 11 is 2.93. The number of allylic oxidation sites excluding steroid dienone is 1. The van der Waals surface area contributed by atoms with Crippen LogP contribution in [0, 0.1) is 13.8 Å². The molecule has 0 aliphatic carbocycles. The molecule has 128 valence electrons. The third-order valence-electron chi connectivity index (χ3n) is 4.30. The van der Waals surface area contributed by atoms with Crippen molar-refractivity contribution in [1.29, 1.82) is 0 Å². The van der Waals surface area contributed by atoms with Gasteiger partial charge >= 0.3 is 0 Å². The molecule has 1 atom stereocenters. The normalized spacial score (nSPS) is 18.4. The summed E-state index contributed by atoms with van der Waals surface area (Å²) in [6, 6.07) is 0. The second-order valence-electron chi connectivity index (χ2n) is 5.96. The van der Waals surface area contributed by atoms with Crippen molar-refractivity contribution in [2.75, 3.05) is 6.54 Å². The van der Waals surface area contributed by atoms with Crippen molar-refractivity contribution in [3.63, 3.8) is 0 Å². The SMILES string of the molecule is C=CCn1c(S[C@H]2CCCCNC2=O)nc2sc(C)c(C)c2c1=O. The Morgan fingerprint density at radius 1 is 1.42 bits per heavy atom. The first-order valence-corrected chi connectivity index (χ1v) is 9.78. The summed E-state index contributed by atoms with van der Waals surface area (Å²) < 4.78 is 1.64. The van der Waals surface area contributed by atoms with Gasteiger partial charge in [-0.3, -0.25) is 14.2 Å². The van der Waals surface area contributed by atoms with Crippen molar-refractivity contribution in [3.05, 3.63) is 33.4 Å². The van der Waals surface area contributed by atoms with Gasteiger partial charge in [0.15, 0.2) is 5.16 Å². The highest BCUT2D eigenvalue weighted by Gasteiger charge is 2.25. The molecule has 0 bridgehead atoms. The lowest BCUT2D eigenvalue weighted by Gasteiger charge is -2.15. The second-order valence-corrected chi connectivity index (χ2v) is 8.33. The van der Waals surface area contributed by atoms with Crippen LogP contribution in [-0.4, -0.2) is 27.3 Å². The van der Waals surface area contributed by atoms with Crippen molar-refractivity contribution < 1.29 is 4.79 Å². The fourth-order valence-electron chi connectivity index (χ4n) is 2.84. The Morgan fingerprint density at radius 2 is 2.21 bits per heavy atom. The summed E-state index contributed by atoms with van der Waals surface area (Å²) in [6.07, 6.45) is 4.50. The molecular weight excluding hydrogens is 342 g/mol. The molecule has 0 aromatic carbocycles. The topological polar surface area (TPSA) is 64.0 Å². The molecular formula is C17H21N3O2S2. The molecule has 2 aromatic heterocycles. The predicted molar refractivity (Wildman–Crippen MR) is 100 cm³/mol. The molecule has 1 amide bonds. The monoisotopic (exact) mass is 363 g/mol. The number of aromatic nitrogens is 2. The number of aryl methyl sites for hydroxylation is 2. The summed E-state index contributed by atoms with van der Waals surface area (Å²) in [6.45, 7) is 8.84. The summed E-state index contributed by atoms with van der Waals surface area (Å²) in [5.74, 6) is 0.0375. The van der Waals surface area contributed by atoms with Gasteiger partial charge in [-0.25, -0.2) is 4.98 Å². The van der Waals surface area contributed by atoms with E-state index in [2.05, 4.69) is 11.9 Å². The number of nitrogens with zero attached hydrogens (tertiary/aromatic N) is 2. The molecule has 0 spiro atoms. The predicted octanol–water partition coefficient (Wildman–Crippen LogP) is 3.02. The molecule has 5 nitrogen and oxygen atoms in total. The molecule has 7 heteroatoms. The average molecular weight is 364 g/mol. The molecule has 1 fully saturated rings. The maximum atomic E-state index is 12.9. The minimum absolute atomic E-state index is 0.0375. The smallest absolute Gasteiger partial charge is 0.263 e. The van der Waals surface area contributed by atoms with E-state index in [4.69, 9.17) is 4.98 Å². The number of carbonyl (C=O) groups excluding carboxylic acids is 1. The Bertz CT molecular complexity index is 854. The van der Waals surface area contributed by atoms with Crippen LogP contribution in [-0.2, 0) is 11.3 Å². The summed E-state index contributed by atoms with van der Waals surface area (Å²) in [5, 5.41) is 4.04. The Morgan fingerprint density at radius 3 is 2.96 bits per heavy atom. The fraction of sp³-hybridized carbons (Fsp3) is 0.471. The fourth-order valence-corrected chi connectivity index (χ4v) is 5.08. The first-order valence-electron chi connectivity index (χ1n) is 8.08. The van der Waals surface area contributed by atoms with Crippen molar-refractivity contribution in [2.24, 2.45) is 0 Å². The van der Waals surface area contributed by atoms with Gasteiger partial charge in [-0.1, -0.05) is 24.3 Å². The molecule has 0 saturated carbocycles. The first kappa shape index (κ1) is 17.2. The maximum absolute atomic E-state index is 12.9. The van der Waals surface area contributed by atoms with Gasteiger partial charge in [0.05, 0.1) is 10.6 Å². The van der Waals surface area contributed by atoms with E-state index in [0.717, 1.165) is 41.1 Å². The Hall–Kier alpha value is -1.60. The maximum Gasteiger partial charge on any atom is 0.263 e. The number of hydrogen-bond donors (Lipinski definition) is 1. The van der Waals surface area contributed by atoms with E-state index in [1.54, 1.807) is 10.6 Å². The van der Waals surface area contributed by atoms with Gasteiger partial charge in [0.1, 0.15) is 4.83 Å². The number of hydrogen-bond acceptors (Lipinski definition) is 5. The summed E-state index contributed by atoms with van der Waals surface area (Å²) in [4.78, 5) is 31.7.